The summed E-state index contributed by atoms with van der Waals surface area (Å²) < 4.78 is 5.53. The van der Waals surface area contributed by atoms with Crippen LogP contribution in [-0.2, 0) is 0 Å². The lowest BCUT2D eigenvalue weighted by molar-refractivity contribution is 0.0988. The number of rotatable bonds is 2. The average molecular weight is 296 g/mol. The number of carbonyl (C=O) groups is 1. The van der Waals surface area contributed by atoms with E-state index in [0.29, 0.717) is 5.56 Å². The standard InChI is InChI=1S/C17H12O5/c1-9(18)17-15(10-2-4-11(19)5-3-10)16(21)13-7-6-12(20)8-14(13)22-17/h2-8,19-20H,1H3. The monoisotopic (exact) mass is 296 g/mol. The molecule has 0 aliphatic carbocycles. The van der Waals surface area contributed by atoms with E-state index in [0.717, 1.165) is 0 Å². The molecule has 5 heteroatoms. The van der Waals surface area contributed by atoms with Crippen LogP contribution in [0, 0.1) is 0 Å². The average Bonchev–Trinajstić information content (AvgIpc) is 2.48. The van der Waals surface area contributed by atoms with Gasteiger partial charge in [-0.1, -0.05) is 12.1 Å². The van der Waals surface area contributed by atoms with Crippen molar-refractivity contribution in [1.29, 1.82) is 0 Å². The molecule has 1 heterocycles. The topological polar surface area (TPSA) is 87.7 Å². The van der Waals surface area contributed by atoms with Crippen molar-refractivity contribution in [3.05, 3.63) is 58.4 Å². The Morgan fingerprint density at radius 3 is 2.27 bits per heavy atom. The predicted molar refractivity (Wildman–Crippen MR) is 81.3 cm³/mol. The second kappa shape index (κ2) is 5.04. The molecule has 0 unspecified atom stereocenters. The van der Waals surface area contributed by atoms with Crippen LogP contribution in [0.3, 0.4) is 0 Å². The highest BCUT2D eigenvalue weighted by Crippen LogP contribution is 2.27. The zero-order chi connectivity index (χ0) is 15.9. The molecule has 3 rings (SSSR count). The fourth-order valence-electron chi connectivity index (χ4n) is 2.32. The molecule has 2 N–H and O–H groups in total. The molecule has 0 saturated carbocycles. The number of phenols is 2. The molecule has 0 spiro atoms. The minimum atomic E-state index is -0.398. The van der Waals surface area contributed by atoms with Gasteiger partial charge in [-0.15, -0.1) is 0 Å². The van der Waals surface area contributed by atoms with Crippen LogP contribution in [0.15, 0.2) is 51.7 Å². The number of hydrogen-bond acceptors (Lipinski definition) is 5. The van der Waals surface area contributed by atoms with Crippen molar-refractivity contribution >= 4 is 16.8 Å². The molecule has 0 aliphatic rings. The maximum Gasteiger partial charge on any atom is 0.201 e. The number of Topliss-reactive ketones (excluding diaryl/α,β-unsaturated/α-hetero) is 1. The van der Waals surface area contributed by atoms with Gasteiger partial charge in [0, 0.05) is 13.0 Å². The third-order valence-corrected chi connectivity index (χ3v) is 3.35. The fourth-order valence-corrected chi connectivity index (χ4v) is 2.32. The van der Waals surface area contributed by atoms with E-state index in [-0.39, 0.29) is 39.2 Å². The highest BCUT2D eigenvalue weighted by Gasteiger charge is 2.19. The molecule has 0 saturated heterocycles. The third kappa shape index (κ3) is 2.22. The van der Waals surface area contributed by atoms with Gasteiger partial charge in [0.2, 0.25) is 5.43 Å². The molecule has 1 aromatic heterocycles. The molecule has 22 heavy (non-hydrogen) atoms. The minimum Gasteiger partial charge on any atom is -0.508 e. The van der Waals surface area contributed by atoms with E-state index in [1.54, 1.807) is 12.1 Å². The van der Waals surface area contributed by atoms with Crippen LogP contribution < -0.4 is 5.43 Å². The normalized spacial score (nSPS) is 10.8. The van der Waals surface area contributed by atoms with Gasteiger partial charge < -0.3 is 14.6 Å². The van der Waals surface area contributed by atoms with Gasteiger partial charge in [0.05, 0.1) is 10.9 Å². The molecule has 0 fully saturated rings. The number of carbonyl (C=O) groups excluding carboxylic acids is 1. The summed E-state index contributed by atoms with van der Waals surface area (Å²) in [5.41, 5.74) is 0.410. The summed E-state index contributed by atoms with van der Waals surface area (Å²) >= 11 is 0. The highest BCUT2D eigenvalue weighted by molar-refractivity contribution is 6.00. The molecule has 0 radical (unpaired) electrons. The highest BCUT2D eigenvalue weighted by atomic mass is 16.3. The summed E-state index contributed by atoms with van der Waals surface area (Å²) in [6.45, 7) is 1.30. The lowest BCUT2D eigenvalue weighted by atomic mass is 10.0. The van der Waals surface area contributed by atoms with Crippen LogP contribution in [0.25, 0.3) is 22.1 Å². The van der Waals surface area contributed by atoms with Crippen molar-refractivity contribution in [2.45, 2.75) is 6.92 Å². The largest absolute Gasteiger partial charge is 0.508 e. The molecular weight excluding hydrogens is 284 g/mol. The van der Waals surface area contributed by atoms with Crippen LogP contribution >= 0.6 is 0 Å². The third-order valence-electron chi connectivity index (χ3n) is 3.35. The second-order valence-electron chi connectivity index (χ2n) is 4.92. The van der Waals surface area contributed by atoms with Crippen molar-refractivity contribution in [2.75, 3.05) is 0 Å². The smallest absolute Gasteiger partial charge is 0.201 e. The summed E-state index contributed by atoms with van der Waals surface area (Å²) in [5, 5.41) is 19.1. The Bertz CT molecular complexity index is 936. The van der Waals surface area contributed by atoms with E-state index in [2.05, 4.69) is 0 Å². The Morgan fingerprint density at radius 1 is 1.00 bits per heavy atom. The quantitative estimate of drug-likeness (QED) is 0.709. The molecule has 110 valence electrons. The van der Waals surface area contributed by atoms with Crippen molar-refractivity contribution < 1.29 is 19.4 Å². The number of hydrogen-bond donors (Lipinski definition) is 2. The molecule has 0 atom stereocenters. The first-order chi connectivity index (χ1) is 10.5. The molecule has 0 amide bonds. The van der Waals surface area contributed by atoms with Crippen molar-refractivity contribution in [2.24, 2.45) is 0 Å². The maximum atomic E-state index is 12.7. The number of fused-ring (bicyclic) bond motifs is 1. The zero-order valence-corrected chi connectivity index (χ0v) is 11.7. The Hall–Kier alpha value is -3.08. The van der Waals surface area contributed by atoms with Crippen molar-refractivity contribution in [1.82, 2.24) is 0 Å². The summed E-state index contributed by atoms with van der Waals surface area (Å²) in [4.78, 5) is 24.5. The minimum absolute atomic E-state index is 0.0532. The van der Waals surface area contributed by atoms with Gasteiger partial charge in [-0.3, -0.25) is 9.59 Å². The molecule has 0 aliphatic heterocycles. The van der Waals surface area contributed by atoms with Gasteiger partial charge in [-0.25, -0.2) is 0 Å². The van der Waals surface area contributed by atoms with Crippen molar-refractivity contribution in [3.63, 3.8) is 0 Å². The van der Waals surface area contributed by atoms with Crippen LogP contribution in [0.1, 0.15) is 17.5 Å². The van der Waals surface area contributed by atoms with Crippen molar-refractivity contribution in [3.8, 4) is 22.6 Å². The Morgan fingerprint density at radius 2 is 1.64 bits per heavy atom. The lowest BCUT2D eigenvalue weighted by Crippen LogP contribution is -2.11. The van der Waals surface area contributed by atoms with Gasteiger partial charge in [-0.2, -0.15) is 0 Å². The first-order valence-corrected chi connectivity index (χ1v) is 6.57. The molecule has 3 aromatic rings. The van der Waals surface area contributed by atoms with E-state index in [4.69, 9.17) is 4.42 Å². The van der Waals surface area contributed by atoms with E-state index in [1.807, 2.05) is 0 Å². The first kappa shape index (κ1) is 13.9. The number of aromatic hydroxyl groups is 2. The Balaban J connectivity index is 2.41. The summed E-state index contributed by atoms with van der Waals surface area (Å²) in [5.74, 6) is -0.468. The zero-order valence-electron chi connectivity index (χ0n) is 11.7. The van der Waals surface area contributed by atoms with Crippen LogP contribution in [0.5, 0.6) is 11.5 Å². The Labute approximate surface area is 125 Å². The van der Waals surface area contributed by atoms with E-state index in [1.165, 1.54) is 37.3 Å². The number of phenolic OH excluding ortho intramolecular Hbond substituents is 2. The molecule has 2 aromatic carbocycles. The molecular formula is C17H12O5. The first-order valence-electron chi connectivity index (χ1n) is 6.57. The number of benzene rings is 2. The summed E-state index contributed by atoms with van der Waals surface area (Å²) in [6.07, 6.45) is 0. The fraction of sp³-hybridized carbons (Fsp3) is 0.0588. The predicted octanol–water partition coefficient (Wildman–Crippen LogP) is 3.07. The van der Waals surface area contributed by atoms with Crippen LogP contribution in [0.4, 0.5) is 0 Å². The van der Waals surface area contributed by atoms with E-state index in [9.17, 15) is 19.8 Å². The van der Waals surface area contributed by atoms with Gasteiger partial charge in [0.15, 0.2) is 11.5 Å². The Kier molecular flexibility index (Phi) is 3.18. The maximum absolute atomic E-state index is 12.7. The second-order valence-corrected chi connectivity index (χ2v) is 4.92. The van der Waals surface area contributed by atoms with E-state index < -0.39 is 5.78 Å². The van der Waals surface area contributed by atoms with Crippen LogP contribution in [0.2, 0.25) is 0 Å². The van der Waals surface area contributed by atoms with Crippen LogP contribution in [-0.4, -0.2) is 16.0 Å². The molecule has 5 nitrogen and oxygen atoms in total. The summed E-state index contributed by atoms with van der Waals surface area (Å²) in [7, 11) is 0. The molecule has 0 bridgehead atoms. The van der Waals surface area contributed by atoms with Gasteiger partial charge in [-0.05, 0) is 29.8 Å². The lowest BCUT2D eigenvalue weighted by Gasteiger charge is -2.08. The van der Waals surface area contributed by atoms with Gasteiger partial charge in [0.25, 0.3) is 0 Å². The summed E-state index contributed by atoms with van der Waals surface area (Å²) in [6, 6.07) is 10.1. The van der Waals surface area contributed by atoms with E-state index >= 15 is 0 Å². The van der Waals surface area contributed by atoms with Gasteiger partial charge >= 0.3 is 0 Å². The number of ketones is 1. The van der Waals surface area contributed by atoms with Gasteiger partial charge in [0.1, 0.15) is 17.1 Å². The SMILES string of the molecule is CC(=O)c1oc2cc(O)ccc2c(=O)c1-c1ccc(O)cc1.